The first-order valence-electron chi connectivity index (χ1n) is 49.4. The van der Waals surface area contributed by atoms with Crippen molar-refractivity contribution in [2.75, 3.05) is 83.3 Å². The van der Waals surface area contributed by atoms with E-state index in [9.17, 15) is 9.59 Å². The first-order valence-corrected chi connectivity index (χ1v) is 54.2. The van der Waals surface area contributed by atoms with Crippen LogP contribution in [0.3, 0.4) is 0 Å². The van der Waals surface area contributed by atoms with Gasteiger partial charge in [-0.3, -0.25) is 14.4 Å². The Morgan fingerprint density at radius 1 is 0.293 bits per heavy atom. The molecule has 5 N–H and O–H groups in total. The lowest BCUT2D eigenvalue weighted by Crippen LogP contribution is -2.73. The summed E-state index contributed by atoms with van der Waals surface area (Å²) in [5.74, 6) is 4.17. The van der Waals surface area contributed by atoms with Crippen LogP contribution in [0.25, 0.3) is 0 Å². The smallest absolute Gasteiger partial charge is 0.261 e. The topological polar surface area (TPSA) is 344 Å². The van der Waals surface area contributed by atoms with Crippen molar-refractivity contribution < 1.29 is 132 Å². The molecule has 32 nitrogen and oxygen atoms in total. The highest BCUT2D eigenvalue weighted by Crippen LogP contribution is 2.45. The zero-order chi connectivity index (χ0) is 105. The Morgan fingerprint density at radius 2 is 0.544 bits per heavy atom. The number of hydrogen-bond donors (Lipinski definition) is 4. The molecule has 0 spiro atoms. The number of nitrogens with one attached hydrogen (secondary N) is 3. The van der Waals surface area contributed by atoms with Crippen LogP contribution in [0.4, 0.5) is 0 Å². The fourth-order valence-electron chi connectivity index (χ4n) is 18.3. The van der Waals surface area contributed by atoms with Gasteiger partial charge >= 0.3 is 0 Å². The summed E-state index contributed by atoms with van der Waals surface area (Å²) in [7, 11) is 6.42. The summed E-state index contributed by atoms with van der Waals surface area (Å²) in [6, 6.07) is 73.0. The van der Waals surface area contributed by atoms with E-state index in [0.29, 0.717) is 79.9 Å². The lowest BCUT2D eigenvalue weighted by molar-refractivity contribution is -0.367. The third-order valence-electron chi connectivity index (χ3n) is 27.2. The Hall–Kier alpha value is -11.8. The lowest BCUT2D eigenvalue weighted by atomic mass is 9.92. The number of amides is 3. The van der Waals surface area contributed by atoms with Gasteiger partial charge in [0.1, 0.15) is 168 Å². The molecule has 0 radical (unpaired) electrons. The summed E-state index contributed by atoms with van der Waals surface area (Å²) in [5.41, 5.74) is 11.5. The Kier molecular flexibility index (Phi) is 39.2. The molecule has 0 bridgehead atoms. The number of benzene rings is 10. The Labute approximate surface area is 864 Å². The van der Waals surface area contributed by atoms with Gasteiger partial charge in [0, 0.05) is 20.8 Å². The lowest BCUT2D eigenvalue weighted by Gasteiger charge is -2.53. The molecule has 34 heteroatoms. The summed E-state index contributed by atoms with van der Waals surface area (Å²) >= 11 is 0. The Bertz CT molecular complexity index is 5670. The second-order valence-electron chi connectivity index (χ2n) is 39.2. The van der Waals surface area contributed by atoms with Gasteiger partial charge < -0.3 is 139 Å². The highest BCUT2D eigenvalue weighted by atomic mass is 28.4. The number of hydrogen-bond acceptors (Lipinski definition) is 29. The van der Waals surface area contributed by atoms with E-state index >= 15 is 4.79 Å². The Balaban J connectivity index is 0.944. The van der Waals surface area contributed by atoms with Crippen LogP contribution in [0.2, 0.25) is 23.2 Å². The van der Waals surface area contributed by atoms with Gasteiger partial charge in [0.15, 0.2) is 27.2 Å². The van der Waals surface area contributed by atoms with Gasteiger partial charge in [0.2, 0.25) is 24.0 Å². The molecule has 10 aromatic rings. The highest BCUT2D eigenvalue weighted by Gasteiger charge is 2.61. The van der Waals surface area contributed by atoms with Crippen molar-refractivity contribution in [3.05, 3.63) is 283 Å². The van der Waals surface area contributed by atoms with Crippen LogP contribution in [-0.2, 0) is 113 Å². The van der Waals surface area contributed by atoms with Crippen molar-refractivity contribution in [1.29, 1.82) is 0 Å². The highest BCUT2D eigenvalue weighted by molar-refractivity contribution is 6.99. The number of carbonyl (C=O) groups is 3. The maximum atomic E-state index is 15.1. The van der Waals surface area contributed by atoms with Gasteiger partial charge in [-0.2, -0.15) is 0 Å². The average molecular weight is 2060 g/mol. The molecule has 4 aliphatic heterocycles. The van der Waals surface area contributed by atoms with Gasteiger partial charge in [0.25, 0.3) is 8.32 Å². The first-order chi connectivity index (χ1) is 70.8. The second-order valence-corrected chi connectivity index (χ2v) is 48.3. The van der Waals surface area contributed by atoms with E-state index in [4.69, 9.17) is 124 Å². The second kappa shape index (κ2) is 51.9. The molecule has 0 saturated carbocycles. The fourth-order valence-corrected chi connectivity index (χ4v) is 23.9. The van der Waals surface area contributed by atoms with Crippen molar-refractivity contribution in [1.82, 2.24) is 16.0 Å². The van der Waals surface area contributed by atoms with Gasteiger partial charge in [-0.1, -0.05) is 163 Å². The minimum Gasteiger partial charge on any atom is -0.497 e. The van der Waals surface area contributed by atoms with Crippen LogP contribution in [0.1, 0.15) is 90.1 Å². The summed E-state index contributed by atoms with van der Waals surface area (Å²) in [6.45, 7) is 20.1. The molecule has 0 aliphatic carbocycles. The summed E-state index contributed by atoms with van der Waals surface area (Å²) in [5, 5.41) is 10.7. The number of methoxy groups -OCH3 is 8. The number of carbonyl (C=O) groups excluding carboxylic acids is 3. The van der Waals surface area contributed by atoms with Crippen LogP contribution < -0.4 is 84.2 Å². The molecule has 20 atom stereocenters. The number of ether oxygens (including phenoxy) is 23. The molecular formula is C113H142N4O28Si2. The average Bonchev–Trinajstić information content (AvgIpc) is 0.738. The minimum atomic E-state index is -3.58. The van der Waals surface area contributed by atoms with Gasteiger partial charge in [-0.05, 0) is 195 Å². The van der Waals surface area contributed by atoms with Crippen LogP contribution in [-0.4, -0.2) is 240 Å². The maximum Gasteiger partial charge on any atom is 0.261 e. The standard InChI is InChI=1S/C113H142N4O28Si2/c1-71(118)115-97-105(133-64-76-34-44-81(123-12)45-35-76)103(95(142-109(97)138-89-60-54-86(128-17)55-61-89)70-137-147(113(7,8)9,90-26-22-20-23-27-90)91-28-24-21-25-29-91)145-111-99(117-73(3)120)107(135-66-78-38-48-83(125-14)49-39-78)102(93(141-111)68-130-88-58-52-85(127-16)53-59-88)144-110-98(116-72(2)119)106(134-65-77-36-46-82(124-13)47-37-77)101(92(140-110)67-129-87-56-50-84(126-15)51-57-87)143-108-96(114)104(132-63-75-32-42-80(122-11)43-33-75)100(131-62-74-30-40-79(121-10)41-31-74)94(139-108)69-136-146(18,19)112(4,5)6/h20-61,92-111H,62-70,114H2,1-19H3,(H,115,118)(H,116,119)(H,117,120)/t92-,93-,94-,95-,96-,97-,98-,99-,100-,101-,102-,103-,104-,105-,106-,107-,108+,109-,110+,111+/m1/s1. The van der Waals surface area contributed by atoms with Crippen LogP contribution in [0, 0.1) is 0 Å². The van der Waals surface area contributed by atoms with Gasteiger partial charge in [-0.25, -0.2) is 0 Å². The molecule has 4 fully saturated rings. The van der Waals surface area contributed by atoms with E-state index < -0.39 is 162 Å². The number of nitrogens with two attached hydrogens (primary N) is 1. The predicted octanol–water partition coefficient (Wildman–Crippen LogP) is 14.7. The third-order valence-corrected chi connectivity index (χ3v) is 36.7. The van der Waals surface area contributed by atoms with Gasteiger partial charge in [0.05, 0.1) is 109 Å². The van der Waals surface area contributed by atoms with Crippen molar-refractivity contribution in [2.24, 2.45) is 5.73 Å². The van der Waals surface area contributed by atoms with E-state index in [1.165, 1.54) is 20.8 Å². The van der Waals surface area contributed by atoms with Gasteiger partial charge in [-0.15, -0.1) is 0 Å². The molecule has 4 aliphatic rings. The van der Waals surface area contributed by atoms with Crippen LogP contribution >= 0.6 is 0 Å². The first kappa shape index (κ1) is 111. The molecule has 10 aromatic carbocycles. The number of rotatable bonds is 48. The molecule has 14 rings (SSSR count). The zero-order valence-corrected chi connectivity index (χ0v) is 89.2. The third kappa shape index (κ3) is 28.9. The predicted molar refractivity (Wildman–Crippen MR) is 555 cm³/mol. The summed E-state index contributed by atoms with van der Waals surface area (Å²) < 4.78 is 172. The monoisotopic (exact) mass is 2060 g/mol. The molecule has 3 amide bonds. The van der Waals surface area contributed by atoms with E-state index in [0.717, 1.165) is 21.5 Å². The van der Waals surface area contributed by atoms with E-state index in [2.05, 4.69) is 94.9 Å². The molecule has 4 saturated heterocycles. The summed E-state index contributed by atoms with van der Waals surface area (Å²) in [4.78, 5) is 44.5. The molecule has 0 aromatic heterocycles. The van der Waals surface area contributed by atoms with Crippen molar-refractivity contribution in [2.45, 2.75) is 241 Å². The molecule has 790 valence electrons. The summed E-state index contributed by atoms with van der Waals surface area (Å²) in [6.07, 6.45) is -21.5. The van der Waals surface area contributed by atoms with Crippen LogP contribution in [0.15, 0.2) is 255 Å². The normalized spacial score (nSPS) is 24.3. The van der Waals surface area contributed by atoms with Crippen molar-refractivity contribution in [3.8, 4) is 63.2 Å². The molecule has 0 unspecified atom stereocenters. The Morgan fingerprint density at radius 3 is 0.850 bits per heavy atom. The van der Waals surface area contributed by atoms with E-state index in [-0.39, 0.29) is 64.5 Å². The quantitative estimate of drug-likeness (QED) is 0.0257. The minimum absolute atomic E-state index is 0.00457. The zero-order valence-electron chi connectivity index (χ0n) is 87.2. The van der Waals surface area contributed by atoms with E-state index in [1.54, 1.807) is 142 Å². The van der Waals surface area contributed by atoms with Crippen molar-refractivity contribution in [3.63, 3.8) is 0 Å². The molecule has 147 heavy (non-hydrogen) atoms. The fraction of sp³-hybridized carbons (Fsp3) is 0.442. The largest absolute Gasteiger partial charge is 0.497 e. The van der Waals surface area contributed by atoms with Crippen molar-refractivity contribution >= 4 is 44.7 Å². The SMILES string of the molecule is COc1ccc(CO[C@@H]2[C@@H](N)[C@H](O[C@H]3[C@H](OCc4ccc(OC)cc4)[C@@H](NC(C)=O)[C@H](O[C@H]4[C@H](OCc5ccc(OC)cc5)[C@@H](NC(C)=O)[C@H](O[C@H]5[C@H](OCc6ccc(OC)cc6)[C@@H](NC(C)=O)[C@H](Oc6ccc(OC)cc6)O[C@@H]5CO[Si](c5ccccc5)(c5ccccc5)C(C)(C)C)O[C@@H]4COc4ccc(OC)cc4)O[C@@H]3COc3ccc(OC)cc3)O[C@H](CO[Si](C)(C)C(C)(C)C)[C@H]2OCc2ccc(OC)cc2)cc1. The molecule has 4 heterocycles. The molecular weight excluding hydrogens is 1920 g/mol. The van der Waals surface area contributed by atoms with Crippen LogP contribution in [0.5, 0.6) is 63.2 Å². The maximum absolute atomic E-state index is 15.1. The van der Waals surface area contributed by atoms with E-state index in [1.807, 2.05) is 146 Å².